The van der Waals surface area contributed by atoms with Gasteiger partial charge in [-0.05, 0) is 18.1 Å². The van der Waals surface area contributed by atoms with Crippen molar-refractivity contribution in [3.05, 3.63) is 29.8 Å². The summed E-state index contributed by atoms with van der Waals surface area (Å²) in [5.74, 6) is 0.936. The predicted molar refractivity (Wildman–Crippen MR) is 52.9 cm³/mol. The zero-order valence-corrected chi connectivity index (χ0v) is 8.25. The van der Waals surface area contributed by atoms with Gasteiger partial charge in [-0.2, -0.15) is 0 Å². The van der Waals surface area contributed by atoms with Crippen LogP contribution in [0, 0.1) is 0 Å². The van der Waals surface area contributed by atoms with E-state index < -0.39 is 0 Å². The molecule has 0 aliphatic heterocycles. The molecule has 1 rings (SSSR count). The van der Waals surface area contributed by atoms with Crippen LogP contribution in [0.5, 0.6) is 5.75 Å². The molecule has 0 N–H and O–H groups in total. The minimum atomic E-state index is 0.320. The van der Waals surface area contributed by atoms with Crippen molar-refractivity contribution in [2.75, 3.05) is 13.9 Å². The molecule has 0 aliphatic rings. The Hall–Kier alpha value is -1.02. The van der Waals surface area contributed by atoms with E-state index in [1.54, 1.807) is 7.11 Å². The van der Waals surface area contributed by atoms with Crippen molar-refractivity contribution in [3.63, 3.8) is 0 Å². The third-order valence-electron chi connectivity index (χ3n) is 1.82. The monoisotopic (exact) mass is 180 g/mol. The average molecular weight is 180 g/mol. The molecule has 0 saturated carbocycles. The molecule has 0 fully saturated rings. The van der Waals surface area contributed by atoms with Gasteiger partial charge in [0.2, 0.25) is 0 Å². The highest BCUT2D eigenvalue weighted by atomic mass is 16.7. The molecule has 1 aromatic rings. The second kappa shape index (κ2) is 5.60. The first-order valence-electron chi connectivity index (χ1n) is 4.58. The van der Waals surface area contributed by atoms with Gasteiger partial charge in [0.25, 0.3) is 0 Å². The predicted octanol–water partition coefficient (Wildman–Crippen LogP) is 2.62. The largest absolute Gasteiger partial charge is 0.467 e. The molecule has 0 aliphatic carbocycles. The number of ether oxygens (including phenoxy) is 2. The summed E-state index contributed by atoms with van der Waals surface area (Å²) in [6.07, 6.45) is 2.19. The lowest BCUT2D eigenvalue weighted by molar-refractivity contribution is 0.0504. The highest BCUT2D eigenvalue weighted by Gasteiger charge is 2.00. The Bertz CT molecular complexity index is 246. The lowest BCUT2D eigenvalue weighted by Gasteiger charge is -2.09. The fraction of sp³-hybridized carbons (Fsp3) is 0.455. The Labute approximate surface area is 79.5 Å². The van der Waals surface area contributed by atoms with Crippen LogP contribution in [0.3, 0.4) is 0 Å². The SMILES string of the molecule is CCCc1ccccc1OCOC. The number of rotatable bonds is 5. The van der Waals surface area contributed by atoms with Gasteiger partial charge in [-0.25, -0.2) is 0 Å². The van der Waals surface area contributed by atoms with E-state index in [0.717, 1.165) is 18.6 Å². The van der Waals surface area contributed by atoms with E-state index in [2.05, 4.69) is 13.0 Å². The molecule has 2 nitrogen and oxygen atoms in total. The van der Waals surface area contributed by atoms with Crippen LogP contribution in [-0.2, 0) is 11.2 Å². The van der Waals surface area contributed by atoms with Crippen molar-refractivity contribution < 1.29 is 9.47 Å². The average Bonchev–Trinajstić information content (AvgIpc) is 2.17. The lowest BCUT2D eigenvalue weighted by atomic mass is 10.1. The summed E-state index contributed by atoms with van der Waals surface area (Å²) in [6, 6.07) is 8.08. The van der Waals surface area contributed by atoms with Gasteiger partial charge in [0.1, 0.15) is 5.75 Å². The molecular weight excluding hydrogens is 164 g/mol. The summed E-state index contributed by atoms with van der Waals surface area (Å²) in [5, 5.41) is 0. The van der Waals surface area contributed by atoms with Gasteiger partial charge in [-0.15, -0.1) is 0 Å². The summed E-state index contributed by atoms with van der Waals surface area (Å²) in [7, 11) is 1.63. The zero-order chi connectivity index (χ0) is 9.52. The first kappa shape index (κ1) is 10.1. The first-order valence-corrected chi connectivity index (χ1v) is 4.58. The number of methoxy groups -OCH3 is 1. The molecule has 1 aromatic carbocycles. The number of para-hydroxylation sites is 1. The minimum Gasteiger partial charge on any atom is -0.467 e. The molecule has 2 heteroatoms. The summed E-state index contributed by atoms with van der Waals surface area (Å²) in [5.41, 5.74) is 1.25. The molecule has 0 amide bonds. The smallest absolute Gasteiger partial charge is 0.188 e. The Balaban J connectivity index is 2.66. The van der Waals surface area contributed by atoms with Gasteiger partial charge in [-0.1, -0.05) is 31.5 Å². The molecule has 0 saturated heterocycles. The van der Waals surface area contributed by atoms with Gasteiger partial charge >= 0.3 is 0 Å². The van der Waals surface area contributed by atoms with Crippen LogP contribution in [-0.4, -0.2) is 13.9 Å². The summed E-state index contributed by atoms with van der Waals surface area (Å²) < 4.78 is 10.3. The Morgan fingerprint density at radius 3 is 2.69 bits per heavy atom. The second-order valence-electron chi connectivity index (χ2n) is 2.91. The van der Waals surface area contributed by atoms with Crippen LogP contribution in [0.1, 0.15) is 18.9 Å². The third kappa shape index (κ3) is 3.07. The molecule has 0 spiro atoms. The maximum absolute atomic E-state index is 5.42. The van der Waals surface area contributed by atoms with Crippen LogP contribution in [0.2, 0.25) is 0 Å². The van der Waals surface area contributed by atoms with Crippen molar-refractivity contribution in [3.8, 4) is 5.75 Å². The highest BCUT2D eigenvalue weighted by molar-refractivity contribution is 5.33. The lowest BCUT2D eigenvalue weighted by Crippen LogP contribution is -2.01. The molecule has 0 heterocycles. The molecule has 0 bridgehead atoms. The van der Waals surface area contributed by atoms with E-state index in [1.165, 1.54) is 5.56 Å². The van der Waals surface area contributed by atoms with Crippen LogP contribution in [0.4, 0.5) is 0 Å². The minimum absolute atomic E-state index is 0.320. The summed E-state index contributed by atoms with van der Waals surface area (Å²) in [4.78, 5) is 0. The first-order chi connectivity index (χ1) is 6.38. The van der Waals surface area contributed by atoms with Crippen LogP contribution >= 0.6 is 0 Å². The Morgan fingerprint density at radius 2 is 2.00 bits per heavy atom. The molecule has 0 radical (unpaired) electrons. The molecule has 72 valence electrons. The summed E-state index contributed by atoms with van der Waals surface area (Å²) in [6.45, 7) is 2.48. The number of hydrogen-bond donors (Lipinski definition) is 0. The normalized spacial score (nSPS) is 10.0. The summed E-state index contributed by atoms with van der Waals surface area (Å²) >= 11 is 0. The number of aryl methyl sites for hydroxylation is 1. The fourth-order valence-corrected chi connectivity index (χ4v) is 1.24. The molecule has 0 atom stereocenters. The van der Waals surface area contributed by atoms with Crippen molar-refractivity contribution >= 4 is 0 Å². The van der Waals surface area contributed by atoms with Gasteiger partial charge in [0, 0.05) is 7.11 Å². The standard InChI is InChI=1S/C11H16O2/c1-3-6-10-7-4-5-8-11(10)13-9-12-2/h4-5,7-8H,3,6,9H2,1-2H3. The molecule has 13 heavy (non-hydrogen) atoms. The maximum atomic E-state index is 5.42. The van der Waals surface area contributed by atoms with Gasteiger partial charge < -0.3 is 9.47 Å². The van der Waals surface area contributed by atoms with Gasteiger partial charge in [-0.3, -0.25) is 0 Å². The quantitative estimate of drug-likeness (QED) is 0.648. The van der Waals surface area contributed by atoms with Crippen molar-refractivity contribution in [2.45, 2.75) is 19.8 Å². The van der Waals surface area contributed by atoms with E-state index in [9.17, 15) is 0 Å². The number of hydrogen-bond acceptors (Lipinski definition) is 2. The topological polar surface area (TPSA) is 18.5 Å². The van der Waals surface area contributed by atoms with E-state index in [0.29, 0.717) is 6.79 Å². The van der Waals surface area contributed by atoms with Gasteiger partial charge in [0.05, 0.1) is 0 Å². The van der Waals surface area contributed by atoms with Crippen LogP contribution in [0.25, 0.3) is 0 Å². The van der Waals surface area contributed by atoms with E-state index in [-0.39, 0.29) is 0 Å². The molecular formula is C11H16O2. The maximum Gasteiger partial charge on any atom is 0.188 e. The van der Waals surface area contributed by atoms with E-state index in [1.807, 2.05) is 18.2 Å². The van der Waals surface area contributed by atoms with Crippen molar-refractivity contribution in [2.24, 2.45) is 0 Å². The van der Waals surface area contributed by atoms with Crippen LogP contribution in [0.15, 0.2) is 24.3 Å². The van der Waals surface area contributed by atoms with E-state index in [4.69, 9.17) is 9.47 Å². The van der Waals surface area contributed by atoms with Crippen LogP contribution < -0.4 is 4.74 Å². The highest BCUT2D eigenvalue weighted by Crippen LogP contribution is 2.19. The van der Waals surface area contributed by atoms with E-state index >= 15 is 0 Å². The molecule has 0 unspecified atom stereocenters. The Morgan fingerprint density at radius 1 is 1.23 bits per heavy atom. The zero-order valence-electron chi connectivity index (χ0n) is 8.25. The molecule has 0 aromatic heterocycles. The number of benzene rings is 1. The second-order valence-corrected chi connectivity index (χ2v) is 2.91. The third-order valence-corrected chi connectivity index (χ3v) is 1.82. The van der Waals surface area contributed by atoms with Gasteiger partial charge in [0.15, 0.2) is 6.79 Å². The van der Waals surface area contributed by atoms with Crippen molar-refractivity contribution in [1.29, 1.82) is 0 Å². The van der Waals surface area contributed by atoms with Crippen molar-refractivity contribution in [1.82, 2.24) is 0 Å². The fourth-order valence-electron chi connectivity index (χ4n) is 1.24. The Kier molecular flexibility index (Phi) is 4.33.